The van der Waals surface area contributed by atoms with Crippen LogP contribution >= 0.6 is 11.6 Å². The Bertz CT molecular complexity index is 966. The number of aromatic nitrogens is 4. The fraction of sp³-hybridized carbons (Fsp3) is 0.188. The Morgan fingerprint density at radius 2 is 2.04 bits per heavy atom. The molecule has 8 nitrogen and oxygen atoms in total. The molecule has 1 N–H and O–H groups in total. The number of likely N-dealkylation sites (N-methyl/N-ethyl adjacent to an activating group) is 1. The van der Waals surface area contributed by atoms with Crippen molar-refractivity contribution in [3.05, 3.63) is 51.8 Å². The van der Waals surface area contributed by atoms with Crippen LogP contribution in [0.2, 0.25) is 5.02 Å². The summed E-state index contributed by atoms with van der Waals surface area (Å²) in [5, 5.41) is 15.2. The van der Waals surface area contributed by atoms with Crippen LogP contribution in [0.5, 0.6) is 0 Å². The van der Waals surface area contributed by atoms with Crippen LogP contribution in [0.4, 0.5) is 0 Å². The van der Waals surface area contributed by atoms with E-state index in [2.05, 4.69) is 20.6 Å². The Balaban J connectivity index is 1.90. The van der Waals surface area contributed by atoms with Gasteiger partial charge in [-0.1, -0.05) is 17.7 Å². The topological polar surface area (TPSA) is 103 Å². The van der Waals surface area contributed by atoms with Crippen LogP contribution in [-0.4, -0.2) is 32.4 Å². The van der Waals surface area contributed by atoms with Crippen LogP contribution in [0.15, 0.2) is 45.6 Å². The lowest BCUT2D eigenvalue weighted by atomic mass is 10.2. The lowest BCUT2D eigenvalue weighted by Crippen LogP contribution is -2.33. The van der Waals surface area contributed by atoms with Crippen molar-refractivity contribution in [2.45, 2.75) is 13.5 Å². The Hall–Kier alpha value is -3.00. The molecule has 0 bridgehead atoms. The fourth-order valence-corrected chi connectivity index (χ4v) is 2.32. The van der Waals surface area contributed by atoms with Gasteiger partial charge in [0.2, 0.25) is 11.8 Å². The van der Waals surface area contributed by atoms with Crippen molar-refractivity contribution in [3.8, 4) is 23.0 Å². The fourth-order valence-electron chi connectivity index (χ4n) is 2.13. The van der Waals surface area contributed by atoms with Crippen molar-refractivity contribution in [3.63, 3.8) is 0 Å². The normalized spacial score (nSPS) is 10.6. The molecule has 3 rings (SSSR count). The minimum Gasteiger partial charge on any atom is -0.415 e. The van der Waals surface area contributed by atoms with Crippen molar-refractivity contribution in [2.75, 3.05) is 6.54 Å². The predicted octanol–water partition coefficient (Wildman–Crippen LogP) is 1.75. The van der Waals surface area contributed by atoms with E-state index < -0.39 is 5.56 Å². The molecule has 0 saturated heterocycles. The van der Waals surface area contributed by atoms with Crippen molar-refractivity contribution in [1.29, 1.82) is 0 Å². The summed E-state index contributed by atoms with van der Waals surface area (Å²) in [7, 11) is 0. The maximum Gasteiger partial charge on any atom is 0.268 e. The standard InChI is InChI=1S/C16H14ClN5O3/c1-2-18-13(23)9-22-14(24)7-6-12(21-22)16-20-19-15(25-16)10-4-3-5-11(17)8-10/h3-8H,2,9H2,1H3,(H,18,23). The molecule has 2 heterocycles. The van der Waals surface area contributed by atoms with E-state index in [0.717, 1.165) is 4.68 Å². The van der Waals surface area contributed by atoms with E-state index in [9.17, 15) is 9.59 Å². The molecule has 1 aromatic carbocycles. The molecule has 0 aliphatic carbocycles. The van der Waals surface area contributed by atoms with Crippen molar-refractivity contribution in [1.82, 2.24) is 25.3 Å². The molecule has 0 aliphatic heterocycles. The third kappa shape index (κ3) is 3.92. The SMILES string of the molecule is CCNC(=O)Cn1nc(-c2nnc(-c3cccc(Cl)c3)o2)ccc1=O. The number of amides is 1. The highest BCUT2D eigenvalue weighted by Gasteiger charge is 2.14. The molecule has 0 radical (unpaired) electrons. The summed E-state index contributed by atoms with van der Waals surface area (Å²) in [5.41, 5.74) is 0.566. The van der Waals surface area contributed by atoms with Gasteiger partial charge in [-0.15, -0.1) is 10.2 Å². The first-order valence-electron chi connectivity index (χ1n) is 7.51. The van der Waals surface area contributed by atoms with Gasteiger partial charge < -0.3 is 9.73 Å². The number of hydrogen-bond acceptors (Lipinski definition) is 6. The number of nitrogens with one attached hydrogen (secondary N) is 1. The van der Waals surface area contributed by atoms with Crippen LogP contribution in [0.25, 0.3) is 23.0 Å². The van der Waals surface area contributed by atoms with E-state index >= 15 is 0 Å². The molecule has 9 heteroatoms. The zero-order valence-corrected chi connectivity index (χ0v) is 14.0. The summed E-state index contributed by atoms with van der Waals surface area (Å²) in [6.45, 7) is 2.08. The summed E-state index contributed by atoms with van der Waals surface area (Å²) in [6.07, 6.45) is 0. The van der Waals surface area contributed by atoms with Crippen LogP contribution in [0.3, 0.4) is 0 Å². The average Bonchev–Trinajstić information content (AvgIpc) is 3.07. The maximum absolute atomic E-state index is 11.8. The number of benzene rings is 1. The van der Waals surface area contributed by atoms with Crippen molar-refractivity contribution >= 4 is 17.5 Å². The highest BCUT2D eigenvalue weighted by atomic mass is 35.5. The first kappa shape index (κ1) is 16.8. The third-order valence-electron chi connectivity index (χ3n) is 3.25. The van der Waals surface area contributed by atoms with Gasteiger partial charge in [0.05, 0.1) is 0 Å². The monoisotopic (exact) mass is 359 g/mol. The molecule has 0 aliphatic rings. The van der Waals surface area contributed by atoms with Gasteiger partial charge in [-0.25, -0.2) is 4.68 Å². The lowest BCUT2D eigenvalue weighted by Gasteiger charge is -2.05. The molecule has 0 atom stereocenters. The number of nitrogens with zero attached hydrogens (tertiary/aromatic N) is 4. The van der Waals surface area contributed by atoms with E-state index in [1.165, 1.54) is 12.1 Å². The second-order valence-electron chi connectivity index (χ2n) is 5.09. The van der Waals surface area contributed by atoms with E-state index in [4.69, 9.17) is 16.0 Å². The first-order chi connectivity index (χ1) is 12.1. The minimum atomic E-state index is -0.399. The van der Waals surface area contributed by atoms with Gasteiger partial charge in [-0.05, 0) is 31.2 Å². The second-order valence-corrected chi connectivity index (χ2v) is 5.53. The van der Waals surface area contributed by atoms with Crippen LogP contribution in [0, 0.1) is 0 Å². The van der Waals surface area contributed by atoms with Crippen LogP contribution in [0.1, 0.15) is 6.92 Å². The molecular formula is C16H14ClN5O3. The van der Waals surface area contributed by atoms with Gasteiger partial charge in [-0.2, -0.15) is 5.10 Å². The Labute approximate surface area is 147 Å². The third-order valence-corrected chi connectivity index (χ3v) is 3.48. The van der Waals surface area contributed by atoms with Crippen molar-refractivity contribution in [2.24, 2.45) is 0 Å². The van der Waals surface area contributed by atoms with E-state index in [-0.39, 0.29) is 24.2 Å². The smallest absolute Gasteiger partial charge is 0.268 e. The summed E-state index contributed by atoms with van der Waals surface area (Å²) >= 11 is 5.95. The average molecular weight is 360 g/mol. The van der Waals surface area contributed by atoms with Crippen molar-refractivity contribution < 1.29 is 9.21 Å². The van der Waals surface area contributed by atoms with Crippen LogP contribution in [-0.2, 0) is 11.3 Å². The van der Waals surface area contributed by atoms with Gasteiger partial charge >= 0.3 is 0 Å². The summed E-state index contributed by atoms with van der Waals surface area (Å²) < 4.78 is 6.64. The molecule has 2 aromatic heterocycles. The molecule has 0 spiro atoms. The van der Waals surface area contributed by atoms with Gasteiger partial charge in [0, 0.05) is 23.2 Å². The second kappa shape index (κ2) is 7.27. The van der Waals surface area contributed by atoms with E-state index in [0.29, 0.717) is 22.8 Å². The molecular weight excluding hydrogens is 346 g/mol. The highest BCUT2D eigenvalue weighted by molar-refractivity contribution is 6.30. The zero-order chi connectivity index (χ0) is 17.8. The van der Waals surface area contributed by atoms with E-state index in [1.807, 2.05) is 0 Å². The number of rotatable bonds is 5. The van der Waals surface area contributed by atoms with E-state index in [1.54, 1.807) is 31.2 Å². The highest BCUT2D eigenvalue weighted by Crippen LogP contribution is 2.24. The van der Waals surface area contributed by atoms with Gasteiger partial charge in [0.15, 0.2) is 0 Å². The summed E-state index contributed by atoms with van der Waals surface area (Å²) in [5.74, 6) is 0.111. The summed E-state index contributed by atoms with van der Waals surface area (Å²) in [4.78, 5) is 23.5. The van der Waals surface area contributed by atoms with Gasteiger partial charge in [0.1, 0.15) is 12.2 Å². The number of carbonyl (C=O) groups is 1. The van der Waals surface area contributed by atoms with Crippen LogP contribution < -0.4 is 10.9 Å². The quantitative estimate of drug-likeness (QED) is 0.744. The molecule has 1 amide bonds. The molecule has 0 unspecified atom stereocenters. The Morgan fingerprint density at radius 1 is 1.24 bits per heavy atom. The molecule has 0 saturated carbocycles. The molecule has 25 heavy (non-hydrogen) atoms. The molecule has 128 valence electrons. The largest absolute Gasteiger partial charge is 0.415 e. The lowest BCUT2D eigenvalue weighted by molar-refractivity contribution is -0.121. The van der Waals surface area contributed by atoms with Gasteiger partial charge in [-0.3, -0.25) is 9.59 Å². The predicted molar refractivity (Wildman–Crippen MR) is 90.9 cm³/mol. The van der Waals surface area contributed by atoms with Gasteiger partial charge in [0.25, 0.3) is 11.4 Å². The Kier molecular flexibility index (Phi) is 4.90. The number of hydrogen-bond donors (Lipinski definition) is 1. The number of carbonyl (C=O) groups excluding carboxylic acids is 1. The maximum atomic E-state index is 11.8. The first-order valence-corrected chi connectivity index (χ1v) is 7.89. The summed E-state index contributed by atoms with van der Waals surface area (Å²) in [6, 6.07) is 9.75. The molecule has 0 fully saturated rings. The minimum absolute atomic E-state index is 0.139. The zero-order valence-electron chi connectivity index (χ0n) is 13.3. The molecule has 3 aromatic rings. The number of halogens is 1. The Morgan fingerprint density at radius 3 is 2.80 bits per heavy atom.